The van der Waals surface area contributed by atoms with Crippen molar-refractivity contribution in [2.75, 3.05) is 12.3 Å². The third-order valence-corrected chi connectivity index (χ3v) is 4.26. The lowest BCUT2D eigenvalue weighted by atomic mass is 10.1. The number of alkyl halides is 3. The van der Waals surface area contributed by atoms with E-state index in [0.717, 1.165) is 24.7 Å². The zero-order chi connectivity index (χ0) is 16.2. The molecule has 2 aliphatic rings. The molecule has 1 saturated carbocycles. The zero-order valence-electron chi connectivity index (χ0n) is 12.2. The van der Waals surface area contributed by atoms with Gasteiger partial charge in [0.25, 0.3) is 0 Å². The molecule has 0 radical (unpaired) electrons. The summed E-state index contributed by atoms with van der Waals surface area (Å²) < 4.78 is 46.7. The van der Waals surface area contributed by atoms with Crippen LogP contribution in [-0.4, -0.2) is 21.1 Å². The van der Waals surface area contributed by atoms with E-state index in [4.69, 9.17) is 10.5 Å². The molecular formula is C15H15F3N4O. The van der Waals surface area contributed by atoms with E-state index in [0.29, 0.717) is 30.3 Å². The van der Waals surface area contributed by atoms with Gasteiger partial charge in [0.15, 0.2) is 0 Å². The minimum Gasteiger partial charge on any atom is -0.383 e. The van der Waals surface area contributed by atoms with Crippen molar-refractivity contribution in [2.45, 2.75) is 31.7 Å². The molecule has 1 aliphatic heterocycles. The molecule has 1 unspecified atom stereocenters. The molecule has 0 amide bonds. The second-order valence-corrected chi connectivity index (χ2v) is 5.96. The fourth-order valence-electron chi connectivity index (χ4n) is 2.92. The Kier molecular flexibility index (Phi) is 3.12. The average molecular weight is 324 g/mol. The van der Waals surface area contributed by atoms with Gasteiger partial charge in [-0.15, -0.1) is 0 Å². The molecule has 0 spiro atoms. The van der Waals surface area contributed by atoms with Crippen molar-refractivity contribution < 1.29 is 17.9 Å². The van der Waals surface area contributed by atoms with Crippen molar-refractivity contribution in [1.82, 2.24) is 14.5 Å². The quantitative estimate of drug-likeness (QED) is 0.922. The summed E-state index contributed by atoms with van der Waals surface area (Å²) in [7, 11) is 0. The molecule has 0 aromatic carbocycles. The van der Waals surface area contributed by atoms with Crippen LogP contribution in [0.4, 0.5) is 19.0 Å². The highest BCUT2D eigenvalue weighted by Crippen LogP contribution is 2.44. The predicted octanol–water partition coefficient (Wildman–Crippen LogP) is 3.03. The lowest BCUT2D eigenvalue weighted by Gasteiger charge is -2.23. The van der Waals surface area contributed by atoms with Crippen LogP contribution in [0.15, 0.2) is 18.5 Å². The van der Waals surface area contributed by atoms with Crippen LogP contribution in [0.2, 0.25) is 0 Å². The van der Waals surface area contributed by atoms with E-state index >= 15 is 0 Å². The molecule has 8 heteroatoms. The van der Waals surface area contributed by atoms with Crippen LogP contribution < -0.4 is 5.73 Å². The number of halogens is 3. The lowest BCUT2D eigenvalue weighted by molar-refractivity contribution is -0.137. The highest BCUT2D eigenvalue weighted by molar-refractivity contribution is 5.62. The number of nitrogen functional groups attached to an aromatic ring is 1. The topological polar surface area (TPSA) is 66.0 Å². The van der Waals surface area contributed by atoms with Crippen LogP contribution in [-0.2, 0) is 17.5 Å². The number of anilines is 1. The van der Waals surface area contributed by atoms with E-state index in [9.17, 15) is 13.2 Å². The third-order valence-electron chi connectivity index (χ3n) is 4.26. The monoisotopic (exact) mass is 324 g/mol. The summed E-state index contributed by atoms with van der Waals surface area (Å²) in [4.78, 5) is 8.18. The minimum absolute atomic E-state index is 0.0543. The molecule has 3 heterocycles. The smallest absolute Gasteiger partial charge is 0.383 e. The van der Waals surface area contributed by atoms with Crippen molar-refractivity contribution in [3.63, 3.8) is 0 Å². The number of nitrogens with two attached hydrogens (primary N) is 1. The first kappa shape index (κ1) is 14.5. The second kappa shape index (κ2) is 4.95. The number of pyridine rings is 1. The third kappa shape index (κ3) is 2.56. The summed E-state index contributed by atoms with van der Waals surface area (Å²) in [6, 6.07) is 1.00. The number of imidazole rings is 1. The number of ether oxygens (including phenoxy) is 1. The van der Waals surface area contributed by atoms with Crippen LogP contribution in [0.3, 0.4) is 0 Å². The standard InChI is InChI=1S/C15H15F3N4O/c16-15(17,18)10-5-9(6-20-13(10)19)11-7-22-3-4-23-12(8-1-2-8)14(22)21-11/h5-8,12H,1-4H2,(H2,19,20). The summed E-state index contributed by atoms with van der Waals surface area (Å²) in [5.41, 5.74) is 5.19. The number of hydrogen-bond donors (Lipinski definition) is 1. The maximum absolute atomic E-state index is 13.0. The SMILES string of the molecule is Nc1ncc(-c2cn3c(n2)C(C2CC2)OCC3)cc1C(F)(F)F. The summed E-state index contributed by atoms with van der Waals surface area (Å²) in [5.74, 6) is 0.739. The molecule has 2 aromatic heterocycles. The maximum Gasteiger partial charge on any atom is 0.419 e. The minimum atomic E-state index is -4.54. The van der Waals surface area contributed by atoms with E-state index in [1.54, 1.807) is 6.20 Å². The molecule has 4 rings (SSSR count). The van der Waals surface area contributed by atoms with Gasteiger partial charge in [0.05, 0.1) is 17.9 Å². The molecule has 1 atom stereocenters. The molecular weight excluding hydrogens is 309 g/mol. The van der Waals surface area contributed by atoms with Crippen molar-refractivity contribution in [3.05, 3.63) is 29.8 Å². The summed E-state index contributed by atoms with van der Waals surface area (Å²) in [5, 5.41) is 0. The van der Waals surface area contributed by atoms with E-state index in [-0.39, 0.29) is 6.10 Å². The lowest BCUT2D eigenvalue weighted by Crippen LogP contribution is -2.22. The van der Waals surface area contributed by atoms with Crippen LogP contribution in [0.25, 0.3) is 11.3 Å². The first-order valence-electron chi connectivity index (χ1n) is 7.45. The first-order valence-corrected chi connectivity index (χ1v) is 7.45. The second-order valence-electron chi connectivity index (χ2n) is 5.96. The van der Waals surface area contributed by atoms with Gasteiger partial charge in [0.2, 0.25) is 0 Å². The van der Waals surface area contributed by atoms with Crippen molar-refractivity contribution in [1.29, 1.82) is 0 Å². The molecule has 2 aromatic rings. The van der Waals surface area contributed by atoms with Crippen LogP contribution >= 0.6 is 0 Å². The summed E-state index contributed by atoms with van der Waals surface area (Å²) in [6.07, 6.45) is 0.711. The number of fused-ring (bicyclic) bond motifs is 1. The van der Waals surface area contributed by atoms with E-state index in [1.807, 2.05) is 4.57 Å². The summed E-state index contributed by atoms with van der Waals surface area (Å²) in [6.45, 7) is 1.25. The highest BCUT2D eigenvalue weighted by atomic mass is 19.4. The van der Waals surface area contributed by atoms with Gasteiger partial charge in [-0.3, -0.25) is 0 Å². The number of hydrogen-bond acceptors (Lipinski definition) is 4. The fourth-order valence-corrected chi connectivity index (χ4v) is 2.92. The molecule has 0 bridgehead atoms. The van der Waals surface area contributed by atoms with Crippen LogP contribution in [0.5, 0.6) is 0 Å². The van der Waals surface area contributed by atoms with Crippen LogP contribution in [0.1, 0.15) is 30.3 Å². The molecule has 2 N–H and O–H groups in total. The molecule has 1 fully saturated rings. The maximum atomic E-state index is 13.0. The van der Waals surface area contributed by atoms with Crippen LogP contribution in [0, 0.1) is 5.92 Å². The van der Waals surface area contributed by atoms with Gasteiger partial charge < -0.3 is 15.0 Å². The Morgan fingerprint density at radius 3 is 2.78 bits per heavy atom. The van der Waals surface area contributed by atoms with Gasteiger partial charge in [-0.1, -0.05) is 0 Å². The fraction of sp³-hybridized carbons (Fsp3) is 0.467. The van der Waals surface area contributed by atoms with E-state index in [1.165, 1.54) is 6.20 Å². The first-order chi connectivity index (χ1) is 10.9. The Labute approximate surface area is 130 Å². The zero-order valence-corrected chi connectivity index (χ0v) is 12.2. The normalized spacial score (nSPS) is 21.3. The Balaban J connectivity index is 1.74. The molecule has 0 saturated heterocycles. The van der Waals surface area contributed by atoms with Gasteiger partial charge in [-0.05, 0) is 24.8 Å². The van der Waals surface area contributed by atoms with Gasteiger partial charge in [0, 0.05) is 24.5 Å². The van der Waals surface area contributed by atoms with Crippen molar-refractivity contribution >= 4 is 5.82 Å². The molecule has 5 nitrogen and oxygen atoms in total. The Morgan fingerprint density at radius 2 is 2.09 bits per heavy atom. The van der Waals surface area contributed by atoms with E-state index in [2.05, 4.69) is 9.97 Å². The molecule has 1 aliphatic carbocycles. The van der Waals surface area contributed by atoms with Crippen molar-refractivity contribution in [3.8, 4) is 11.3 Å². The number of nitrogens with zero attached hydrogens (tertiary/aromatic N) is 3. The summed E-state index contributed by atoms with van der Waals surface area (Å²) >= 11 is 0. The largest absolute Gasteiger partial charge is 0.419 e. The van der Waals surface area contributed by atoms with E-state index < -0.39 is 17.6 Å². The predicted molar refractivity (Wildman–Crippen MR) is 76.3 cm³/mol. The molecule has 122 valence electrons. The Morgan fingerprint density at radius 1 is 1.30 bits per heavy atom. The van der Waals surface area contributed by atoms with Gasteiger partial charge in [-0.2, -0.15) is 13.2 Å². The number of aromatic nitrogens is 3. The number of rotatable bonds is 2. The average Bonchev–Trinajstić information content (AvgIpc) is 3.24. The molecule has 23 heavy (non-hydrogen) atoms. The Bertz CT molecular complexity index is 752. The Hall–Kier alpha value is -2.09. The van der Waals surface area contributed by atoms with Gasteiger partial charge >= 0.3 is 6.18 Å². The highest BCUT2D eigenvalue weighted by Gasteiger charge is 2.38. The van der Waals surface area contributed by atoms with Crippen molar-refractivity contribution in [2.24, 2.45) is 5.92 Å². The van der Waals surface area contributed by atoms with Gasteiger partial charge in [0.1, 0.15) is 17.7 Å². The van der Waals surface area contributed by atoms with Gasteiger partial charge in [-0.25, -0.2) is 9.97 Å².